The van der Waals surface area contributed by atoms with E-state index in [1.54, 1.807) is 13.8 Å². The van der Waals surface area contributed by atoms with Crippen LogP contribution >= 0.6 is 0 Å². The Hall–Kier alpha value is -2.56. The lowest BCUT2D eigenvalue weighted by Gasteiger charge is -2.11. The molecule has 5 nitrogen and oxygen atoms in total. The third-order valence-corrected chi connectivity index (χ3v) is 3.83. The predicted octanol–water partition coefficient (Wildman–Crippen LogP) is 4.08. The quantitative estimate of drug-likeness (QED) is 0.792. The smallest absolute Gasteiger partial charge is 0.261 e. The van der Waals surface area contributed by atoms with Gasteiger partial charge in [0.05, 0.1) is 16.9 Å². The summed E-state index contributed by atoms with van der Waals surface area (Å²) < 4.78 is 7.24. The summed E-state index contributed by atoms with van der Waals surface area (Å²) in [6, 6.07) is 8.30. The molecule has 0 unspecified atom stereocenters. The fraction of sp³-hybridized carbons (Fsp3) is 0.294. The van der Waals surface area contributed by atoms with Crippen molar-refractivity contribution in [2.45, 2.75) is 33.7 Å². The van der Waals surface area contributed by atoms with Gasteiger partial charge >= 0.3 is 0 Å². The van der Waals surface area contributed by atoms with Gasteiger partial charge in [-0.05, 0) is 45.9 Å². The van der Waals surface area contributed by atoms with Crippen LogP contribution in [0, 0.1) is 13.8 Å². The Bertz CT molecular complexity index is 823. The molecule has 2 heterocycles. The predicted molar refractivity (Wildman–Crippen MR) is 86.3 cm³/mol. The molecule has 1 amide bonds. The molecule has 0 bridgehead atoms. The van der Waals surface area contributed by atoms with E-state index < -0.39 is 0 Å². The van der Waals surface area contributed by atoms with Crippen molar-refractivity contribution in [2.24, 2.45) is 0 Å². The van der Waals surface area contributed by atoms with Gasteiger partial charge < -0.3 is 14.4 Å². The Morgan fingerprint density at radius 1 is 1.27 bits per heavy atom. The molecule has 114 valence electrons. The van der Waals surface area contributed by atoms with Crippen LogP contribution in [0.2, 0.25) is 0 Å². The van der Waals surface area contributed by atoms with Crippen LogP contribution in [0.5, 0.6) is 0 Å². The minimum atomic E-state index is -0.193. The van der Waals surface area contributed by atoms with Gasteiger partial charge in [-0.25, -0.2) is 0 Å². The monoisotopic (exact) mass is 297 g/mol. The van der Waals surface area contributed by atoms with Crippen molar-refractivity contribution in [3.05, 3.63) is 47.5 Å². The number of fused-ring (bicyclic) bond motifs is 1. The average molecular weight is 297 g/mol. The fourth-order valence-electron chi connectivity index (χ4n) is 2.74. The van der Waals surface area contributed by atoms with E-state index in [0.29, 0.717) is 23.1 Å². The molecule has 2 aromatic heterocycles. The van der Waals surface area contributed by atoms with Crippen molar-refractivity contribution in [1.29, 1.82) is 0 Å². The molecule has 0 radical (unpaired) electrons. The number of benzene rings is 1. The van der Waals surface area contributed by atoms with Crippen LogP contribution < -0.4 is 5.32 Å². The summed E-state index contributed by atoms with van der Waals surface area (Å²) in [6.45, 7) is 7.77. The Balaban J connectivity index is 2.00. The van der Waals surface area contributed by atoms with E-state index in [2.05, 4.69) is 35.0 Å². The standard InChI is InChI=1S/C17H19N3O2/c1-10(2)20-9-8-13-14(6-5-7-15(13)20)18-17(21)16-11(3)19-22-12(16)4/h5-10H,1-4H3,(H,18,21). The van der Waals surface area contributed by atoms with E-state index in [4.69, 9.17) is 4.52 Å². The Morgan fingerprint density at radius 2 is 2.05 bits per heavy atom. The number of aryl methyl sites for hydroxylation is 2. The maximum absolute atomic E-state index is 12.5. The number of carbonyl (C=O) groups excluding carboxylic acids is 1. The summed E-state index contributed by atoms with van der Waals surface area (Å²) in [5.74, 6) is 0.336. The van der Waals surface area contributed by atoms with E-state index in [1.807, 2.05) is 24.4 Å². The van der Waals surface area contributed by atoms with E-state index in [9.17, 15) is 4.79 Å². The number of nitrogens with one attached hydrogen (secondary N) is 1. The SMILES string of the molecule is Cc1noc(C)c1C(=O)Nc1cccc2c1ccn2C(C)C. The molecule has 0 spiro atoms. The summed E-state index contributed by atoms with van der Waals surface area (Å²) >= 11 is 0. The van der Waals surface area contributed by atoms with Crippen LogP contribution in [-0.4, -0.2) is 15.6 Å². The first-order valence-corrected chi connectivity index (χ1v) is 7.33. The molecule has 0 aliphatic heterocycles. The van der Waals surface area contributed by atoms with Gasteiger partial charge in [-0.15, -0.1) is 0 Å². The number of amides is 1. The van der Waals surface area contributed by atoms with Gasteiger partial charge in [0.15, 0.2) is 0 Å². The van der Waals surface area contributed by atoms with E-state index in [0.717, 1.165) is 16.6 Å². The van der Waals surface area contributed by atoms with Crippen molar-refractivity contribution in [1.82, 2.24) is 9.72 Å². The number of nitrogens with zero attached hydrogens (tertiary/aromatic N) is 2. The second-order valence-corrected chi connectivity index (χ2v) is 5.71. The number of hydrogen-bond donors (Lipinski definition) is 1. The molecule has 0 saturated carbocycles. The molecule has 0 aliphatic carbocycles. The minimum absolute atomic E-state index is 0.193. The molecule has 0 atom stereocenters. The number of hydrogen-bond acceptors (Lipinski definition) is 3. The Labute approximate surface area is 128 Å². The van der Waals surface area contributed by atoms with Gasteiger partial charge in [0.25, 0.3) is 5.91 Å². The number of aromatic nitrogens is 2. The lowest BCUT2D eigenvalue weighted by molar-refractivity contribution is 0.102. The Morgan fingerprint density at radius 3 is 2.68 bits per heavy atom. The van der Waals surface area contributed by atoms with Crippen molar-refractivity contribution in [3.8, 4) is 0 Å². The molecule has 1 aromatic carbocycles. The highest BCUT2D eigenvalue weighted by Gasteiger charge is 2.18. The zero-order valence-corrected chi connectivity index (χ0v) is 13.2. The topological polar surface area (TPSA) is 60.1 Å². The first kappa shape index (κ1) is 14.4. The third kappa shape index (κ3) is 2.28. The zero-order valence-electron chi connectivity index (χ0n) is 13.2. The lowest BCUT2D eigenvalue weighted by Crippen LogP contribution is -2.13. The largest absolute Gasteiger partial charge is 0.361 e. The average Bonchev–Trinajstić information content (AvgIpc) is 3.03. The highest BCUT2D eigenvalue weighted by Crippen LogP contribution is 2.27. The molecule has 3 rings (SSSR count). The highest BCUT2D eigenvalue weighted by molar-refractivity contribution is 6.09. The Kier molecular flexibility index (Phi) is 3.48. The van der Waals surface area contributed by atoms with Gasteiger partial charge in [0.1, 0.15) is 11.3 Å². The van der Waals surface area contributed by atoms with Crippen LogP contribution in [-0.2, 0) is 0 Å². The van der Waals surface area contributed by atoms with Crippen LogP contribution in [0.4, 0.5) is 5.69 Å². The van der Waals surface area contributed by atoms with Crippen molar-refractivity contribution < 1.29 is 9.32 Å². The first-order valence-electron chi connectivity index (χ1n) is 7.33. The molecule has 1 N–H and O–H groups in total. The van der Waals surface area contributed by atoms with Crippen LogP contribution in [0.3, 0.4) is 0 Å². The second kappa shape index (κ2) is 5.33. The summed E-state index contributed by atoms with van der Waals surface area (Å²) in [5, 5.41) is 7.82. The molecule has 0 aliphatic rings. The van der Waals surface area contributed by atoms with Crippen LogP contribution in [0.15, 0.2) is 35.0 Å². The van der Waals surface area contributed by atoms with Gasteiger partial charge in [-0.2, -0.15) is 0 Å². The molecule has 5 heteroatoms. The maximum Gasteiger partial charge on any atom is 0.261 e. The normalized spacial score (nSPS) is 11.3. The molecule has 22 heavy (non-hydrogen) atoms. The lowest BCUT2D eigenvalue weighted by atomic mass is 10.1. The summed E-state index contributed by atoms with van der Waals surface area (Å²) in [7, 11) is 0. The second-order valence-electron chi connectivity index (χ2n) is 5.71. The van der Waals surface area contributed by atoms with Crippen molar-refractivity contribution in [2.75, 3.05) is 5.32 Å². The molecular weight excluding hydrogens is 278 g/mol. The van der Waals surface area contributed by atoms with Gasteiger partial charge in [-0.3, -0.25) is 4.79 Å². The van der Waals surface area contributed by atoms with E-state index in [-0.39, 0.29) is 5.91 Å². The number of anilines is 1. The number of carbonyl (C=O) groups is 1. The molecule has 0 saturated heterocycles. The van der Waals surface area contributed by atoms with Gasteiger partial charge in [0.2, 0.25) is 0 Å². The van der Waals surface area contributed by atoms with Gasteiger partial charge in [-0.1, -0.05) is 11.2 Å². The van der Waals surface area contributed by atoms with E-state index >= 15 is 0 Å². The van der Waals surface area contributed by atoms with Crippen molar-refractivity contribution in [3.63, 3.8) is 0 Å². The summed E-state index contributed by atoms with van der Waals surface area (Å²) in [6.07, 6.45) is 2.04. The van der Waals surface area contributed by atoms with Crippen LogP contribution in [0.1, 0.15) is 41.7 Å². The summed E-state index contributed by atoms with van der Waals surface area (Å²) in [4.78, 5) is 12.5. The fourth-order valence-corrected chi connectivity index (χ4v) is 2.74. The first-order chi connectivity index (χ1) is 10.5. The molecular formula is C17H19N3O2. The van der Waals surface area contributed by atoms with Crippen LogP contribution in [0.25, 0.3) is 10.9 Å². The van der Waals surface area contributed by atoms with Gasteiger partial charge in [0, 0.05) is 17.6 Å². The zero-order chi connectivity index (χ0) is 15.9. The third-order valence-electron chi connectivity index (χ3n) is 3.83. The number of rotatable bonds is 3. The molecule has 0 fully saturated rings. The maximum atomic E-state index is 12.5. The minimum Gasteiger partial charge on any atom is -0.361 e. The molecule has 3 aromatic rings. The van der Waals surface area contributed by atoms with Crippen molar-refractivity contribution >= 4 is 22.5 Å². The highest BCUT2D eigenvalue weighted by atomic mass is 16.5. The van der Waals surface area contributed by atoms with E-state index in [1.165, 1.54) is 0 Å². The summed E-state index contributed by atoms with van der Waals surface area (Å²) in [5.41, 5.74) is 3.00.